The highest BCUT2D eigenvalue weighted by atomic mass is 16.6. The van der Waals surface area contributed by atoms with E-state index in [0.29, 0.717) is 0 Å². The van der Waals surface area contributed by atoms with Crippen molar-refractivity contribution in [3.8, 4) is 0 Å². The van der Waals surface area contributed by atoms with Gasteiger partial charge in [-0.2, -0.15) is 0 Å². The van der Waals surface area contributed by atoms with Gasteiger partial charge >= 0.3 is 41.8 Å². The molecule has 0 bridgehead atoms. The maximum Gasteiger partial charge on any atom is 0.352 e. The van der Waals surface area contributed by atoms with Gasteiger partial charge in [-0.3, -0.25) is 9.59 Å². The predicted octanol–water partition coefficient (Wildman–Crippen LogP) is -4.53. The van der Waals surface area contributed by atoms with Crippen LogP contribution in [0, 0.1) is 0 Å². The summed E-state index contributed by atoms with van der Waals surface area (Å²) in [6, 6.07) is 0. The summed E-state index contributed by atoms with van der Waals surface area (Å²) >= 11 is 0. The lowest BCUT2D eigenvalue weighted by Crippen LogP contribution is -2.53. The molecule has 4 unspecified atom stereocenters. The highest BCUT2D eigenvalue weighted by Crippen LogP contribution is 2.24. The van der Waals surface area contributed by atoms with Crippen molar-refractivity contribution in [3.63, 3.8) is 0 Å². The predicted molar refractivity (Wildman–Crippen MR) is 84.1 cm³/mol. The molecule has 0 saturated carbocycles. The number of carbonyl (C=O) groups is 7. The summed E-state index contributed by atoms with van der Waals surface area (Å²) in [5.41, 5.74) is -3.35. The van der Waals surface area contributed by atoms with E-state index in [1.165, 1.54) is 0 Å². The Balaban J connectivity index is 6.04. The van der Waals surface area contributed by atoms with Crippen LogP contribution in [0.25, 0.3) is 0 Å². The highest BCUT2D eigenvalue weighted by molar-refractivity contribution is 5.94. The van der Waals surface area contributed by atoms with Crippen LogP contribution in [0.4, 0.5) is 0 Å². The molecule has 0 spiro atoms. The van der Waals surface area contributed by atoms with Gasteiger partial charge in [-0.15, -0.1) is 0 Å². The fraction of sp³-hybridized carbons (Fsp3) is 0.500. The van der Waals surface area contributed by atoms with E-state index in [-0.39, 0.29) is 0 Å². The minimum atomic E-state index is -3.35. The standard InChI is InChI=1S/C14H16O17/c15-3(16)1-14(13(28)29,2-4(17)18)31-12(27)8(7(21)10(24)25)30-11(26)6(20)5(19)9(22)23/h5-8,19-21H,1-2H2,(H,15,16)(H,17,18)(H,22,23)(H,24,25)(H,28,29). The Morgan fingerprint density at radius 1 is 0.645 bits per heavy atom. The number of carboxylic acids is 5. The zero-order valence-electron chi connectivity index (χ0n) is 15.0. The van der Waals surface area contributed by atoms with E-state index in [0.717, 1.165) is 0 Å². The molecule has 0 aromatic heterocycles. The van der Waals surface area contributed by atoms with Crippen molar-refractivity contribution >= 4 is 41.8 Å². The number of rotatable bonds is 13. The number of esters is 2. The Kier molecular flexibility index (Phi) is 9.47. The van der Waals surface area contributed by atoms with Gasteiger partial charge in [0.05, 0.1) is 12.8 Å². The van der Waals surface area contributed by atoms with Crippen LogP contribution in [0.3, 0.4) is 0 Å². The van der Waals surface area contributed by atoms with E-state index >= 15 is 0 Å². The lowest BCUT2D eigenvalue weighted by atomic mass is 9.95. The van der Waals surface area contributed by atoms with Gasteiger partial charge in [0.2, 0.25) is 11.7 Å². The largest absolute Gasteiger partial charge is 0.481 e. The molecule has 17 nitrogen and oxygen atoms in total. The van der Waals surface area contributed by atoms with Crippen molar-refractivity contribution in [1.29, 1.82) is 0 Å². The second-order valence-electron chi connectivity index (χ2n) is 5.73. The Hall–Kier alpha value is -3.83. The molecule has 0 radical (unpaired) electrons. The van der Waals surface area contributed by atoms with E-state index in [4.69, 9.17) is 25.5 Å². The van der Waals surface area contributed by atoms with Crippen molar-refractivity contribution in [1.82, 2.24) is 0 Å². The smallest absolute Gasteiger partial charge is 0.352 e. The number of carboxylic acid groups (broad SMARTS) is 5. The molecule has 4 atom stereocenters. The van der Waals surface area contributed by atoms with Crippen LogP contribution < -0.4 is 0 Å². The van der Waals surface area contributed by atoms with Gasteiger partial charge in [-0.25, -0.2) is 24.0 Å². The number of hydrogen-bond donors (Lipinski definition) is 8. The molecule has 8 N–H and O–H groups in total. The minimum Gasteiger partial charge on any atom is -0.481 e. The van der Waals surface area contributed by atoms with Gasteiger partial charge in [0.1, 0.15) is 0 Å². The van der Waals surface area contributed by atoms with Crippen molar-refractivity contribution in [2.45, 2.75) is 42.9 Å². The summed E-state index contributed by atoms with van der Waals surface area (Å²) in [6.07, 6.45) is -15.2. The van der Waals surface area contributed by atoms with Gasteiger partial charge in [-0.05, 0) is 0 Å². The zero-order valence-corrected chi connectivity index (χ0v) is 15.0. The topological polar surface area (TPSA) is 300 Å². The molecule has 0 aliphatic rings. The molecular formula is C14H16O17. The van der Waals surface area contributed by atoms with Crippen LogP contribution in [0.1, 0.15) is 12.8 Å². The summed E-state index contributed by atoms with van der Waals surface area (Å²) in [7, 11) is 0. The van der Waals surface area contributed by atoms with Crippen LogP contribution in [0.15, 0.2) is 0 Å². The Morgan fingerprint density at radius 3 is 1.39 bits per heavy atom. The molecule has 0 amide bonds. The van der Waals surface area contributed by atoms with Crippen molar-refractivity contribution in [2.75, 3.05) is 0 Å². The zero-order chi connectivity index (χ0) is 24.7. The molecule has 0 heterocycles. The maximum atomic E-state index is 12.2. The first-order valence-corrected chi connectivity index (χ1v) is 7.66. The first kappa shape index (κ1) is 27.2. The fourth-order valence-corrected chi connectivity index (χ4v) is 1.90. The highest BCUT2D eigenvalue weighted by Gasteiger charge is 2.50. The van der Waals surface area contributed by atoms with E-state index < -0.39 is 84.6 Å². The third kappa shape index (κ3) is 7.49. The number of aliphatic hydroxyl groups excluding tert-OH is 3. The van der Waals surface area contributed by atoms with Crippen LogP contribution in [-0.2, 0) is 43.0 Å². The van der Waals surface area contributed by atoms with Gasteiger partial charge in [0.15, 0.2) is 18.3 Å². The SMILES string of the molecule is O=C(O)CC(CC(=O)O)(OC(=O)C(OC(=O)C(O)C(O)C(=O)O)C(O)C(=O)O)C(=O)O. The maximum absolute atomic E-state index is 12.2. The third-order valence-corrected chi connectivity index (χ3v) is 3.37. The average Bonchev–Trinajstić information content (AvgIpc) is 2.62. The van der Waals surface area contributed by atoms with Gasteiger partial charge in [0.25, 0.3) is 0 Å². The number of aliphatic carboxylic acids is 5. The molecule has 0 fully saturated rings. The van der Waals surface area contributed by atoms with Gasteiger partial charge in [0, 0.05) is 0 Å². The van der Waals surface area contributed by atoms with Crippen molar-refractivity contribution < 1.29 is 83.9 Å². The van der Waals surface area contributed by atoms with Crippen LogP contribution in [-0.4, -0.2) is 113 Å². The van der Waals surface area contributed by atoms with Crippen molar-refractivity contribution in [3.05, 3.63) is 0 Å². The molecule has 0 rings (SSSR count). The van der Waals surface area contributed by atoms with Gasteiger partial charge in [-0.1, -0.05) is 0 Å². The van der Waals surface area contributed by atoms with Crippen LogP contribution >= 0.6 is 0 Å². The molecule has 31 heavy (non-hydrogen) atoms. The number of aliphatic hydroxyl groups is 3. The normalized spacial score (nSPS) is 14.9. The third-order valence-electron chi connectivity index (χ3n) is 3.37. The summed E-state index contributed by atoms with van der Waals surface area (Å²) in [4.78, 5) is 78.6. The van der Waals surface area contributed by atoms with E-state index in [1.54, 1.807) is 0 Å². The summed E-state index contributed by atoms with van der Waals surface area (Å²) in [5.74, 6) is -15.2. The number of ether oxygens (including phenoxy) is 2. The lowest BCUT2D eigenvalue weighted by molar-refractivity contribution is -0.204. The number of carbonyl (C=O) groups excluding carboxylic acids is 2. The minimum absolute atomic E-state index is 1.66. The molecule has 0 aromatic rings. The molecule has 174 valence electrons. The quantitative estimate of drug-likeness (QED) is 0.121. The van der Waals surface area contributed by atoms with Crippen LogP contribution in [0.2, 0.25) is 0 Å². The summed E-state index contributed by atoms with van der Waals surface area (Å²) < 4.78 is 8.38. The first-order valence-electron chi connectivity index (χ1n) is 7.66. The Labute approximate surface area is 169 Å². The van der Waals surface area contributed by atoms with E-state index in [9.17, 15) is 48.9 Å². The molecular weight excluding hydrogens is 440 g/mol. The molecule has 0 aliphatic heterocycles. The Bertz CT molecular complexity index is 753. The Morgan fingerprint density at radius 2 is 1.06 bits per heavy atom. The molecule has 0 aliphatic carbocycles. The average molecular weight is 456 g/mol. The van der Waals surface area contributed by atoms with Crippen molar-refractivity contribution in [2.24, 2.45) is 0 Å². The van der Waals surface area contributed by atoms with E-state index in [1.807, 2.05) is 0 Å². The monoisotopic (exact) mass is 456 g/mol. The first-order chi connectivity index (χ1) is 14.1. The summed E-state index contributed by atoms with van der Waals surface area (Å²) in [5, 5.41) is 72.0. The van der Waals surface area contributed by atoms with E-state index in [2.05, 4.69) is 9.47 Å². The molecule has 0 aromatic carbocycles. The van der Waals surface area contributed by atoms with Crippen LogP contribution in [0.5, 0.6) is 0 Å². The summed E-state index contributed by atoms with van der Waals surface area (Å²) in [6.45, 7) is 0. The second kappa shape index (κ2) is 10.8. The number of hydrogen-bond acceptors (Lipinski definition) is 12. The molecule has 0 saturated heterocycles. The lowest BCUT2D eigenvalue weighted by Gasteiger charge is -2.29. The molecule has 17 heteroatoms. The second-order valence-corrected chi connectivity index (χ2v) is 5.73. The van der Waals surface area contributed by atoms with Gasteiger partial charge < -0.3 is 50.3 Å². The fourth-order valence-electron chi connectivity index (χ4n) is 1.90.